The first kappa shape index (κ1) is 19.4. The standard InChI is InChI=1S/C19H16F3N3O3/c20-19(21,22)16-11-24-18(25-16)13-5-8-15(23-10-13)12-3-6-14(7-4-12)28-9-1-2-17(26)27/h3-8,10-11H,1-2,9H2,(H,24,25)(H,26,27). The lowest BCUT2D eigenvalue weighted by molar-refractivity contribution is -0.141. The molecule has 2 aromatic heterocycles. The van der Waals surface area contributed by atoms with Crippen molar-refractivity contribution >= 4 is 5.97 Å². The minimum atomic E-state index is -4.48. The van der Waals surface area contributed by atoms with Crippen molar-refractivity contribution in [2.75, 3.05) is 6.61 Å². The van der Waals surface area contributed by atoms with E-state index in [1.807, 2.05) is 0 Å². The molecule has 0 aliphatic rings. The third-order valence-electron chi connectivity index (χ3n) is 3.87. The van der Waals surface area contributed by atoms with Gasteiger partial charge in [0.25, 0.3) is 0 Å². The molecule has 0 atom stereocenters. The van der Waals surface area contributed by atoms with Gasteiger partial charge in [-0.2, -0.15) is 13.2 Å². The zero-order valence-electron chi connectivity index (χ0n) is 14.5. The highest BCUT2D eigenvalue weighted by Gasteiger charge is 2.33. The number of halogens is 3. The molecule has 0 fully saturated rings. The van der Waals surface area contributed by atoms with Gasteiger partial charge < -0.3 is 14.8 Å². The summed E-state index contributed by atoms with van der Waals surface area (Å²) in [7, 11) is 0. The maximum atomic E-state index is 12.6. The average Bonchev–Trinajstić information content (AvgIpc) is 3.16. The van der Waals surface area contributed by atoms with Crippen LogP contribution in [0.1, 0.15) is 18.5 Å². The van der Waals surface area contributed by atoms with Crippen LogP contribution in [0.4, 0.5) is 13.2 Å². The average molecular weight is 391 g/mol. The highest BCUT2D eigenvalue weighted by molar-refractivity contribution is 5.66. The molecular formula is C19H16F3N3O3. The summed E-state index contributed by atoms with van der Waals surface area (Å²) in [6.07, 6.45) is -1.81. The second-order valence-corrected chi connectivity index (χ2v) is 5.95. The van der Waals surface area contributed by atoms with E-state index in [9.17, 15) is 18.0 Å². The van der Waals surface area contributed by atoms with Crippen molar-refractivity contribution in [2.24, 2.45) is 0 Å². The fourth-order valence-corrected chi connectivity index (χ4v) is 2.45. The summed E-state index contributed by atoms with van der Waals surface area (Å²) in [5.74, 6) is -0.157. The van der Waals surface area contributed by atoms with Crippen molar-refractivity contribution in [1.82, 2.24) is 15.0 Å². The van der Waals surface area contributed by atoms with Crippen molar-refractivity contribution in [3.63, 3.8) is 0 Å². The van der Waals surface area contributed by atoms with Crippen LogP contribution in [0.5, 0.6) is 5.75 Å². The number of ether oxygens (including phenoxy) is 1. The number of aliphatic carboxylic acids is 1. The summed E-state index contributed by atoms with van der Waals surface area (Å²) in [5.41, 5.74) is 0.979. The molecule has 2 N–H and O–H groups in total. The van der Waals surface area contributed by atoms with Crippen LogP contribution in [0.15, 0.2) is 48.8 Å². The monoisotopic (exact) mass is 391 g/mol. The lowest BCUT2D eigenvalue weighted by Gasteiger charge is -2.07. The SMILES string of the molecule is O=C(O)CCCOc1ccc(-c2ccc(-c3ncc(C(F)(F)F)[nH]3)cn2)cc1. The van der Waals surface area contributed by atoms with Gasteiger partial charge in [-0.25, -0.2) is 4.98 Å². The smallest absolute Gasteiger partial charge is 0.432 e. The lowest BCUT2D eigenvalue weighted by atomic mass is 10.1. The molecule has 0 spiro atoms. The summed E-state index contributed by atoms with van der Waals surface area (Å²) in [6.45, 7) is 0.307. The van der Waals surface area contributed by atoms with Crippen molar-refractivity contribution in [3.8, 4) is 28.4 Å². The Morgan fingerprint density at radius 2 is 1.75 bits per heavy atom. The van der Waals surface area contributed by atoms with Gasteiger partial charge in [-0.3, -0.25) is 9.78 Å². The van der Waals surface area contributed by atoms with Gasteiger partial charge in [0, 0.05) is 23.7 Å². The topological polar surface area (TPSA) is 88.1 Å². The van der Waals surface area contributed by atoms with Crippen molar-refractivity contribution in [2.45, 2.75) is 19.0 Å². The predicted octanol–water partition coefficient (Wildman–Crippen LogP) is 4.40. The van der Waals surface area contributed by atoms with Gasteiger partial charge >= 0.3 is 12.1 Å². The molecule has 0 radical (unpaired) electrons. The second kappa shape index (κ2) is 8.12. The zero-order valence-corrected chi connectivity index (χ0v) is 14.5. The van der Waals surface area contributed by atoms with Crippen LogP contribution in [0, 0.1) is 0 Å². The number of hydrogen-bond donors (Lipinski definition) is 2. The summed E-state index contributed by atoms with van der Waals surface area (Å²) >= 11 is 0. The number of carboxylic acids is 1. The highest BCUT2D eigenvalue weighted by atomic mass is 19.4. The van der Waals surface area contributed by atoms with E-state index in [1.165, 1.54) is 6.20 Å². The zero-order chi connectivity index (χ0) is 20.1. The molecule has 0 aliphatic heterocycles. The maximum absolute atomic E-state index is 12.6. The van der Waals surface area contributed by atoms with E-state index in [1.54, 1.807) is 36.4 Å². The molecule has 0 unspecified atom stereocenters. The van der Waals surface area contributed by atoms with Crippen LogP contribution < -0.4 is 4.74 Å². The van der Waals surface area contributed by atoms with E-state index >= 15 is 0 Å². The third-order valence-corrected chi connectivity index (χ3v) is 3.87. The number of H-pyrrole nitrogens is 1. The number of aromatic amines is 1. The number of rotatable bonds is 7. The Kier molecular flexibility index (Phi) is 5.62. The molecule has 2 heterocycles. The summed E-state index contributed by atoms with van der Waals surface area (Å²) < 4.78 is 43.4. The van der Waals surface area contributed by atoms with Gasteiger partial charge in [-0.05, 0) is 42.8 Å². The molecule has 0 saturated carbocycles. The number of carboxylic acid groups (broad SMARTS) is 1. The van der Waals surface area contributed by atoms with Crippen LogP contribution in [0.2, 0.25) is 0 Å². The number of pyridine rings is 1. The number of alkyl halides is 3. The Morgan fingerprint density at radius 3 is 2.32 bits per heavy atom. The van der Waals surface area contributed by atoms with Crippen LogP contribution >= 0.6 is 0 Å². The minimum absolute atomic E-state index is 0.0501. The largest absolute Gasteiger partial charge is 0.494 e. The van der Waals surface area contributed by atoms with E-state index in [0.29, 0.717) is 30.0 Å². The molecule has 0 amide bonds. The summed E-state index contributed by atoms with van der Waals surface area (Å²) in [5, 5.41) is 8.58. The quantitative estimate of drug-likeness (QED) is 0.583. The van der Waals surface area contributed by atoms with Crippen molar-refractivity contribution < 1.29 is 27.8 Å². The Labute approximate surface area is 158 Å². The number of hydrogen-bond acceptors (Lipinski definition) is 4. The number of nitrogens with one attached hydrogen (secondary N) is 1. The van der Waals surface area contributed by atoms with Gasteiger partial charge in [0.05, 0.1) is 18.5 Å². The molecule has 0 saturated heterocycles. The fraction of sp³-hybridized carbons (Fsp3) is 0.211. The number of carbonyl (C=O) groups is 1. The van der Waals surface area contributed by atoms with Crippen LogP contribution in [0.3, 0.4) is 0 Å². The molecular weight excluding hydrogens is 375 g/mol. The molecule has 3 aromatic rings. The van der Waals surface area contributed by atoms with Gasteiger partial charge in [0.1, 0.15) is 17.3 Å². The van der Waals surface area contributed by atoms with E-state index in [2.05, 4.69) is 15.0 Å². The molecule has 0 aliphatic carbocycles. The molecule has 28 heavy (non-hydrogen) atoms. The summed E-state index contributed by atoms with van der Waals surface area (Å²) in [6, 6.07) is 10.4. The molecule has 9 heteroatoms. The molecule has 6 nitrogen and oxygen atoms in total. The van der Waals surface area contributed by atoms with Crippen LogP contribution in [-0.4, -0.2) is 32.6 Å². The molecule has 3 rings (SSSR count). The fourth-order valence-electron chi connectivity index (χ4n) is 2.45. The Morgan fingerprint density at radius 1 is 1.04 bits per heavy atom. The van der Waals surface area contributed by atoms with Crippen molar-refractivity contribution in [1.29, 1.82) is 0 Å². The van der Waals surface area contributed by atoms with Gasteiger partial charge in [0.2, 0.25) is 0 Å². The Bertz CT molecular complexity index is 936. The first-order chi connectivity index (χ1) is 13.3. The van der Waals surface area contributed by atoms with E-state index < -0.39 is 17.8 Å². The number of aromatic nitrogens is 3. The predicted molar refractivity (Wildman–Crippen MR) is 94.6 cm³/mol. The van der Waals surface area contributed by atoms with E-state index in [-0.39, 0.29) is 12.2 Å². The second-order valence-electron chi connectivity index (χ2n) is 5.95. The number of benzene rings is 1. The van der Waals surface area contributed by atoms with Gasteiger partial charge in [-0.15, -0.1) is 0 Å². The van der Waals surface area contributed by atoms with Crippen LogP contribution in [0.25, 0.3) is 22.6 Å². The minimum Gasteiger partial charge on any atom is -0.494 e. The van der Waals surface area contributed by atoms with Gasteiger partial charge in [-0.1, -0.05) is 0 Å². The molecule has 146 valence electrons. The molecule has 1 aromatic carbocycles. The molecule has 0 bridgehead atoms. The normalized spacial score (nSPS) is 11.4. The van der Waals surface area contributed by atoms with E-state index in [0.717, 1.165) is 11.8 Å². The first-order valence-electron chi connectivity index (χ1n) is 8.36. The summed E-state index contributed by atoms with van der Waals surface area (Å²) in [4.78, 5) is 20.7. The van der Waals surface area contributed by atoms with Gasteiger partial charge in [0.15, 0.2) is 0 Å². The van der Waals surface area contributed by atoms with E-state index in [4.69, 9.17) is 9.84 Å². The number of imidazole rings is 1. The number of nitrogens with zero attached hydrogens (tertiary/aromatic N) is 2. The highest BCUT2D eigenvalue weighted by Crippen LogP contribution is 2.29. The van der Waals surface area contributed by atoms with Crippen LogP contribution in [-0.2, 0) is 11.0 Å². The lowest BCUT2D eigenvalue weighted by Crippen LogP contribution is -2.04. The maximum Gasteiger partial charge on any atom is 0.432 e. The Balaban J connectivity index is 1.65. The third kappa shape index (κ3) is 4.87. The van der Waals surface area contributed by atoms with Crippen molar-refractivity contribution in [3.05, 3.63) is 54.5 Å². The Hall–Kier alpha value is -3.36. The first-order valence-corrected chi connectivity index (χ1v) is 8.36.